The first-order valence-corrected chi connectivity index (χ1v) is 5.98. The van der Waals surface area contributed by atoms with E-state index in [2.05, 4.69) is 10.6 Å². The maximum atomic E-state index is 12.3. The van der Waals surface area contributed by atoms with Crippen molar-refractivity contribution in [2.24, 2.45) is 0 Å². The third kappa shape index (κ3) is 4.52. The van der Waals surface area contributed by atoms with Crippen molar-refractivity contribution in [2.75, 3.05) is 5.32 Å². The summed E-state index contributed by atoms with van der Waals surface area (Å²) in [5.41, 5.74) is -0.141. The molecule has 0 aliphatic carbocycles. The fourth-order valence-corrected chi connectivity index (χ4v) is 1.55. The van der Waals surface area contributed by atoms with E-state index in [0.717, 1.165) is 18.6 Å². The minimum Gasteiger partial charge on any atom is -0.360 e. The van der Waals surface area contributed by atoms with Gasteiger partial charge in [0.05, 0.1) is 5.56 Å². The molecule has 1 atom stereocenters. The highest BCUT2D eigenvalue weighted by Gasteiger charge is 2.29. The molecule has 0 radical (unpaired) electrons. The molecular weight excluding hydrogens is 261 g/mol. The van der Waals surface area contributed by atoms with Crippen molar-refractivity contribution in [3.63, 3.8) is 0 Å². The van der Waals surface area contributed by atoms with E-state index in [0.29, 0.717) is 10.8 Å². The molecule has 0 fully saturated rings. The summed E-state index contributed by atoms with van der Waals surface area (Å²) in [4.78, 5) is 0. The monoisotopic (exact) mass is 276 g/mol. The second-order valence-electron chi connectivity index (χ2n) is 3.98. The van der Waals surface area contributed by atoms with Gasteiger partial charge in [0.25, 0.3) is 0 Å². The van der Waals surface area contributed by atoms with Gasteiger partial charge in [0, 0.05) is 11.7 Å². The van der Waals surface area contributed by atoms with Gasteiger partial charge < -0.3 is 10.6 Å². The molecule has 0 saturated carbocycles. The van der Waals surface area contributed by atoms with Crippen molar-refractivity contribution in [3.05, 3.63) is 29.8 Å². The molecule has 2 nitrogen and oxygen atoms in total. The zero-order chi connectivity index (χ0) is 13.8. The van der Waals surface area contributed by atoms with Crippen LogP contribution in [-0.2, 0) is 6.18 Å². The van der Waals surface area contributed by atoms with Crippen molar-refractivity contribution in [1.29, 1.82) is 0 Å². The van der Waals surface area contributed by atoms with Gasteiger partial charge in [-0.05, 0) is 49.8 Å². The molecule has 0 heterocycles. The van der Waals surface area contributed by atoms with Gasteiger partial charge in [-0.25, -0.2) is 0 Å². The Hall–Kier alpha value is -1.30. The van der Waals surface area contributed by atoms with Crippen LogP contribution in [0.1, 0.15) is 25.8 Å². The Morgan fingerprint density at radius 1 is 1.28 bits per heavy atom. The van der Waals surface area contributed by atoms with Gasteiger partial charge in [-0.3, -0.25) is 0 Å². The average molecular weight is 276 g/mol. The van der Waals surface area contributed by atoms with Gasteiger partial charge in [-0.1, -0.05) is 6.92 Å². The molecule has 0 amide bonds. The Kier molecular flexibility index (Phi) is 4.95. The largest absolute Gasteiger partial charge is 0.416 e. The normalized spacial score (nSPS) is 12.9. The van der Waals surface area contributed by atoms with Crippen LogP contribution >= 0.6 is 12.2 Å². The molecule has 1 aromatic carbocycles. The molecule has 100 valence electrons. The number of anilines is 1. The standard InChI is InChI=1S/C12H15F3N2S/c1-3-8(2)16-11(18)17-10-6-4-9(5-7-10)12(13,14)15/h4-8H,3H2,1-2H3,(H2,16,17,18). The molecule has 0 saturated heterocycles. The van der Waals surface area contributed by atoms with Crippen LogP contribution in [0.15, 0.2) is 24.3 Å². The molecule has 6 heteroatoms. The maximum absolute atomic E-state index is 12.3. The van der Waals surface area contributed by atoms with Crippen LogP contribution in [0.2, 0.25) is 0 Å². The Bertz CT molecular complexity index is 401. The highest BCUT2D eigenvalue weighted by molar-refractivity contribution is 7.80. The lowest BCUT2D eigenvalue weighted by atomic mass is 10.2. The van der Waals surface area contributed by atoms with E-state index in [9.17, 15) is 13.2 Å². The minimum absolute atomic E-state index is 0.222. The van der Waals surface area contributed by atoms with Crippen molar-refractivity contribution < 1.29 is 13.2 Å². The molecule has 1 aromatic rings. The van der Waals surface area contributed by atoms with Crippen molar-refractivity contribution in [3.8, 4) is 0 Å². The summed E-state index contributed by atoms with van der Waals surface area (Å²) in [7, 11) is 0. The number of alkyl halides is 3. The van der Waals surface area contributed by atoms with Gasteiger partial charge in [-0.15, -0.1) is 0 Å². The Labute approximate surface area is 110 Å². The summed E-state index contributed by atoms with van der Waals surface area (Å²) >= 11 is 5.04. The van der Waals surface area contributed by atoms with Crippen LogP contribution in [0, 0.1) is 0 Å². The number of nitrogens with one attached hydrogen (secondary N) is 2. The first-order valence-electron chi connectivity index (χ1n) is 5.57. The lowest BCUT2D eigenvalue weighted by Crippen LogP contribution is -2.35. The van der Waals surface area contributed by atoms with E-state index in [1.165, 1.54) is 12.1 Å². The van der Waals surface area contributed by atoms with Gasteiger partial charge >= 0.3 is 6.18 Å². The topological polar surface area (TPSA) is 24.1 Å². The summed E-state index contributed by atoms with van der Waals surface area (Å²) in [6, 6.07) is 4.97. The average Bonchev–Trinajstić information content (AvgIpc) is 2.28. The first kappa shape index (κ1) is 14.8. The van der Waals surface area contributed by atoms with E-state index >= 15 is 0 Å². The Morgan fingerprint density at radius 2 is 1.83 bits per heavy atom. The molecule has 1 rings (SSSR count). The van der Waals surface area contributed by atoms with Crippen LogP contribution in [0.4, 0.5) is 18.9 Å². The van der Waals surface area contributed by atoms with E-state index in [1.54, 1.807) is 0 Å². The predicted octanol–water partition coefficient (Wildman–Crippen LogP) is 3.79. The zero-order valence-corrected chi connectivity index (χ0v) is 11.0. The van der Waals surface area contributed by atoms with Crippen LogP contribution in [0.3, 0.4) is 0 Å². The number of thiocarbonyl (C=S) groups is 1. The van der Waals surface area contributed by atoms with E-state index < -0.39 is 11.7 Å². The summed E-state index contributed by atoms with van der Waals surface area (Å²) in [6.45, 7) is 3.99. The number of benzene rings is 1. The molecule has 1 unspecified atom stereocenters. The van der Waals surface area contributed by atoms with E-state index in [4.69, 9.17) is 12.2 Å². The quantitative estimate of drug-likeness (QED) is 0.821. The van der Waals surface area contributed by atoms with Crippen molar-refractivity contribution in [1.82, 2.24) is 5.32 Å². The molecule has 0 spiro atoms. The first-order chi connectivity index (χ1) is 8.32. The summed E-state index contributed by atoms with van der Waals surface area (Å²) in [5.74, 6) is 0. The second-order valence-corrected chi connectivity index (χ2v) is 4.39. The smallest absolute Gasteiger partial charge is 0.360 e. The number of hydrogen-bond donors (Lipinski definition) is 2. The van der Waals surface area contributed by atoms with Crippen LogP contribution in [0.5, 0.6) is 0 Å². The lowest BCUT2D eigenvalue weighted by molar-refractivity contribution is -0.137. The third-order valence-corrected chi connectivity index (χ3v) is 2.68. The fraction of sp³-hybridized carbons (Fsp3) is 0.417. The highest BCUT2D eigenvalue weighted by atomic mass is 32.1. The van der Waals surface area contributed by atoms with Crippen LogP contribution in [0.25, 0.3) is 0 Å². The molecule has 0 aliphatic heterocycles. The molecule has 0 aromatic heterocycles. The summed E-state index contributed by atoms with van der Waals surface area (Å²) < 4.78 is 37.0. The van der Waals surface area contributed by atoms with Gasteiger partial charge in [0.1, 0.15) is 0 Å². The van der Waals surface area contributed by atoms with E-state index in [-0.39, 0.29) is 6.04 Å². The minimum atomic E-state index is -4.31. The van der Waals surface area contributed by atoms with Gasteiger partial charge in [-0.2, -0.15) is 13.2 Å². The number of rotatable bonds is 3. The zero-order valence-electron chi connectivity index (χ0n) is 10.1. The number of halogens is 3. The molecule has 0 bridgehead atoms. The highest BCUT2D eigenvalue weighted by Crippen LogP contribution is 2.29. The second kappa shape index (κ2) is 6.04. The maximum Gasteiger partial charge on any atom is 0.416 e. The van der Waals surface area contributed by atoms with Crippen molar-refractivity contribution >= 4 is 23.0 Å². The predicted molar refractivity (Wildman–Crippen MR) is 70.6 cm³/mol. The fourth-order valence-electron chi connectivity index (χ4n) is 1.24. The van der Waals surface area contributed by atoms with Crippen molar-refractivity contribution in [2.45, 2.75) is 32.5 Å². The van der Waals surface area contributed by atoms with E-state index in [1.807, 2.05) is 13.8 Å². The molecular formula is C12H15F3N2S. The third-order valence-electron chi connectivity index (χ3n) is 2.46. The Balaban J connectivity index is 2.61. The molecule has 18 heavy (non-hydrogen) atoms. The SMILES string of the molecule is CCC(C)NC(=S)Nc1ccc(C(F)(F)F)cc1. The van der Waals surface area contributed by atoms with Gasteiger partial charge in [0.15, 0.2) is 5.11 Å². The molecule has 2 N–H and O–H groups in total. The Morgan fingerprint density at radius 3 is 2.28 bits per heavy atom. The van der Waals surface area contributed by atoms with Gasteiger partial charge in [0.2, 0.25) is 0 Å². The summed E-state index contributed by atoms with van der Waals surface area (Å²) in [6.07, 6.45) is -3.40. The number of hydrogen-bond acceptors (Lipinski definition) is 1. The molecule has 0 aliphatic rings. The summed E-state index contributed by atoms with van der Waals surface area (Å²) in [5, 5.41) is 6.27. The lowest BCUT2D eigenvalue weighted by Gasteiger charge is -2.15. The van der Waals surface area contributed by atoms with Crippen LogP contribution in [-0.4, -0.2) is 11.2 Å². The van der Waals surface area contributed by atoms with Crippen LogP contribution < -0.4 is 10.6 Å².